The van der Waals surface area contributed by atoms with Gasteiger partial charge in [0.05, 0.1) is 11.5 Å². The van der Waals surface area contributed by atoms with Crippen LogP contribution < -0.4 is 10.9 Å². The van der Waals surface area contributed by atoms with Gasteiger partial charge in [-0.3, -0.25) is 14.7 Å². The second-order valence-corrected chi connectivity index (χ2v) is 7.23. The second-order valence-electron chi connectivity index (χ2n) is 7.23. The monoisotopic (exact) mass is 363 g/mol. The maximum absolute atomic E-state index is 13.2. The molecule has 6 heteroatoms. The van der Waals surface area contributed by atoms with Gasteiger partial charge >= 0.3 is 0 Å². The zero-order chi connectivity index (χ0) is 19.0. The largest absolute Gasteiger partial charge is 0.389 e. The number of fused-ring (bicyclic) bond motifs is 1. The van der Waals surface area contributed by atoms with Crippen LogP contribution in [-0.4, -0.2) is 26.8 Å². The number of aliphatic hydroxyl groups is 1. The van der Waals surface area contributed by atoms with Crippen molar-refractivity contribution in [1.29, 1.82) is 0 Å². The summed E-state index contributed by atoms with van der Waals surface area (Å²) in [5, 5.41) is 19.5. The predicted molar refractivity (Wildman–Crippen MR) is 103 cm³/mol. The van der Waals surface area contributed by atoms with Crippen molar-refractivity contribution < 1.29 is 9.90 Å². The van der Waals surface area contributed by atoms with Gasteiger partial charge in [-0.15, -0.1) is 0 Å². The van der Waals surface area contributed by atoms with E-state index in [4.69, 9.17) is 0 Å². The average molecular weight is 363 g/mol. The van der Waals surface area contributed by atoms with E-state index in [0.717, 1.165) is 5.56 Å². The summed E-state index contributed by atoms with van der Waals surface area (Å²) in [6, 6.07) is 18.5. The molecule has 0 saturated carbocycles. The van der Waals surface area contributed by atoms with Crippen LogP contribution in [0.25, 0.3) is 0 Å². The van der Waals surface area contributed by atoms with Crippen LogP contribution in [0.5, 0.6) is 0 Å². The molecule has 0 spiro atoms. The maximum Gasteiger partial charge on any atom is 0.267 e. The first-order valence-corrected chi connectivity index (χ1v) is 8.90. The van der Waals surface area contributed by atoms with Crippen LogP contribution >= 0.6 is 0 Å². The SMILES string of the molecule is C[C@@]1(O)Cc2[nH][nH]c(=O)c2[C@@H](c2ccccc2)[C@@H]1C(=O)Nc1ccccc1. The van der Waals surface area contributed by atoms with Gasteiger partial charge in [0.15, 0.2) is 0 Å². The number of benzene rings is 2. The molecule has 4 N–H and O–H groups in total. The second kappa shape index (κ2) is 6.55. The van der Waals surface area contributed by atoms with Gasteiger partial charge in [-0.2, -0.15) is 0 Å². The lowest BCUT2D eigenvalue weighted by Crippen LogP contribution is -2.51. The highest BCUT2D eigenvalue weighted by molar-refractivity contribution is 5.94. The van der Waals surface area contributed by atoms with Gasteiger partial charge < -0.3 is 15.5 Å². The Labute approximate surface area is 156 Å². The van der Waals surface area contributed by atoms with Crippen LogP contribution in [0.4, 0.5) is 5.69 Å². The number of hydrogen-bond acceptors (Lipinski definition) is 3. The van der Waals surface area contributed by atoms with E-state index in [1.807, 2.05) is 48.5 Å². The Hall–Kier alpha value is -3.12. The Morgan fingerprint density at radius 1 is 1.07 bits per heavy atom. The third kappa shape index (κ3) is 3.08. The molecule has 27 heavy (non-hydrogen) atoms. The van der Waals surface area contributed by atoms with Crippen LogP contribution in [0.15, 0.2) is 65.5 Å². The van der Waals surface area contributed by atoms with Crippen molar-refractivity contribution in [3.63, 3.8) is 0 Å². The molecule has 0 aliphatic heterocycles. The molecule has 138 valence electrons. The highest BCUT2D eigenvalue weighted by Gasteiger charge is 2.50. The minimum atomic E-state index is -1.32. The first-order valence-electron chi connectivity index (χ1n) is 8.90. The Kier molecular flexibility index (Phi) is 4.20. The Balaban J connectivity index is 1.82. The number of aromatic amines is 2. The molecular formula is C21H21N3O3. The lowest BCUT2D eigenvalue weighted by atomic mass is 9.66. The van der Waals surface area contributed by atoms with Crippen molar-refractivity contribution in [2.45, 2.75) is 24.9 Å². The Bertz CT molecular complexity index is 1010. The predicted octanol–water partition coefficient (Wildman–Crippen LogP) is 2.40. The number of anilines is 1. The zero-order valence-corrected chi connectivity index (χ0v) is 14.9. The highest BCUT2D eigenvalue weighted by Crippen LogP contribution is 2.44. The van der Waals surface area contributed by atoms with Crippen molar-refractivity contribution in [2.24, 2.45) is 5.92 Å². The van der Waals surface area contributed by atoms with E-state index in [1.54, 1.807) is 19.1 Å². The topological polar surface area (TPSA) is 98.0 Å². The third-order valence-corrected chi connectivity index (χ3v) is 5.23. The summed E-state index contributed by atoms with van der Waals surface area (Å²) < 4.78 is 0. The summed E-state index contributed by atoms with van der Waals surface area (Å²) in [4.78, 5) is 25.7. The van der Waals surface area contributed by atoms with E-state index in [9.17, 15) is 14.7 Å². The number of rotatable bonds is 3. The summed E-state index contributed by atoms with van der Waals surface area (Å²) in [5.41, 5.74) is 1.05. The van der Waals surface area contributed by atoms with E-state index in [0.29, 0.717) is 16.9 Å². The highest BCUT2D eigenvalue weighted by atomic mass is 16.3. The summed E-state index contributed by atoms with van der Waals surface area (Å²) in [7, 11) is 0. The van der Waals surface area contributed by atoms with Crippen LogP contribution in [0.1, 0.15) is 29.7 Å². The van der Waals surface area contributed by atoms with E-state index >= 15 is 0 Å². The minimum absolute atomic E-state index is 0.192. The van der Waals surface area contributed by atoms with Crippen LogP contribution in [-0.2, 0) is 11.2 Å². The van der Waals surface area contributed by atoms with Gasteiger partial charge in [0, 0.05) is 29.3 Å². The van der Waals surface area contributed by atoms with Gasteiger partial charge in [0.25, 0.3) is 5.56 Å². The van der Waals surface area contributed by atoms with Crippen molar-refractivity contribution in [3.05, 3.63) is 87.8 Å². The van der Waals surface area contributed by atoms with Crippen molar-refractivity contribution in [3.8, 4) is 0 Å². The first kappa shape index (κ1) is 17.3. The van der Waals surface area contributed by atoms with Crippen molar-refractivity contribution in [2.75, 3.05) is 5.32 Å². The standard InChI is InChI=1S/C21H21N3O3/c1-21(27)12-15-17(19(25)24-23-15)16(13-8-4-2-5-9-13)18(21)20(26)22-14-10-6-3-7-11-14/h2-11,16,18,27H,12H2,1H3,(H,22,26)(H2,23,24,25)/t16-,18-,21-/m1/s1. The average Bonchev–Trinajstić information content (AvgIpc) is 3.01. The fraction of sp³-hybridized carbons (Fsp3) is 0.238. The molecule has 0 bridgehead atoms. The molecule has 1 aromatic heterocycles. The minimum Gasteiger partial charge on any atom is -0.389 e. The molecule has 3 aromatic rings. The molecule has 1 amide bonds. The van der Waals surface area contributed by atoms with Crippen LogP contribution in [0.2, 0.25) is 0 Å². The lowest BCUT2D eigenvalue weighted by Gasteiger charge is -2.41. The molecule has 1 aliphatic rings. The summed E-state index contributed by atoms with van der Waals surface area (Å²) in [6.45, 7) is 1.65. The van der Waals surface area contributed by atoms with Crippen LogP contribution in [0.3, 0.4) is 0 Å². The number of hydrogen-bond donors (Lipinski definition) is 4. The van der Waals surface area contributed by atoms with Crippen molar-refractivity contribution in [1.82, 2.24) is 10.2 Å². The third-order valence-electron chi connectivity index (χ3n) is 5.23. The molecule has 0 saturated heterocycles. The number of amides is 1. The van der Waals surface area contributed by atoms with Crippen LogP contribution in [0, 0.1) is 5.92 Å². The number of nitrogens with one attached hydrogen (secondary N) is 3. The normalized spacial score (nSPS) is 24.2. The van der Waals surface area contributed by atoms with Gasteiger partial charge in [-0.25, -0.2) is 0 Å². The molecule has 0 fully saturated rings. The number of para-hydroxylation sites is 1. The lowest BCUT2D eigenvalue weighted by molar-refractivity contribution is -0.130. The molecule has 1 heterocycles. The molecule has 4 rings (SSSR count). The van der Waals surface area contributed by atoms with Gasteiger partial charge in [-0.1, -0.05) is 48.5 Å². The first-order chi connectivity index (χ1) is 13.0. The van der Waals surface area contributed by atoms with E-state index < -0.39 is 17.4 Å². The fourth-order valence-electron chi connectivity index (χ4n) is 4.06. The number of carbonyl (C=O) groups excluding carboxylic acids is 1. The van der Waals surface area contributed by atoms with E-state index in [2.05, 4.69) is 15.5 Å². The fourth-order valence-corrected chi connectivity index (χ4v) is 4.06. The van der Waals surface area contributed by atoms with Crippen molar-refractivity contribution >= 4 is 11.6 Å². The molecule has 2 aromatic carbocycles. The van der Waals surface area contributed by atoms with Gasteiger partial charge in [0.1, 0.15) is 0 Å². The zero-order valence-electron chi connectivity index (χ0n) is 14.9. The van der Waals surface area contributed by atoms with Gasteiger partial charge in [0.2, 0.25) is 5.91 Å². The Morgan fingerprint density at radius 2 is 1.70 bits per heavy atom. The number of H-pyrrole nitrogens is 2. The molecule has 1 aliphatic carbocycles. The summed E-state index contributed by atoms with van der Waals surface area (Å²) in [5.74, 6) is -1.68. The number of aromatic nitrogens is 2. The van der Waals surface area contributed by atoms with E-state index in [1.165, 1.54) is 0 Å². The molecule has 3 atom stereocenters. The quantitative estimate of drug-likeness (QED) is 0.575. The maximum atomic E-state index is 13.2. The summed E-state index contributed by atoms with van der Waals surface area (Å²) in [6.07, 6.45) is 0.192. The van der Waals surface area contributed by atoms with E-state index in [-0.39, 0.29) is 17.9 Å². The summed E-state index contributed by atoms with van der Waals surface area (Å²) >= 11 is 0. The molecule has 6 nitrogen and oxygen atoms in total. The molecule has 0 unspecified atom stereocenters. The number of carbonyl (C=O) groups is 1. The molecule has 0 radical (unpaired) electrons. The Morgan fingerprint density at radius 3 is 2.37 bits per heavy atom. The van der Waals surface area contributed by atoms with Gasteiger partial charge in [-0.05, 0) is 24.6 Å². The molecular weight excluding hydrogens is 342 g/mol. The smallest absolute Gasteiger partial charge is 0.267 e.